The number of benzene rings is 1. The number of halogens is 4. The van der Waals surface area contributed by atoms with E-state index in [9.17, 15) is 26.0 Å². The molecule has 0 radical (unpaired) electrons. The Labute approximate surface area is 95.5 Å². The van der Waals surface area contributed by atoms with E-state index in [0.29, 0.717) is 0 Å². The van der Waals surface area contributed by atoms with Crippen LogP contribution in [0.1, 0.15) is 13.3 Å². The van der Waals surface area contributed by atoms with Gasteiger partial charge in [0.2, 0.25) is 10.0 Å². The van der Waals surface area contributed by atoms with E-state index in [1.807, 2.05) is 0 Å². The molecule has 0 aliphatic heterocycles. The van der Waals surface area contributed by atoms with Crippen LogP contribution in [0.15, 0.2) is 6.07 Å². The van der Waals surface area contributed by atoms with Gasteiger partial charge in [-0.1, -0.05) is 6.92 Å². The first kappa shape index (κ1) is 13.8. The van der Waals surface area contributed by atoms with Gasteiger partial charge in [0, 0.05) is 6.07 Å². The number of hydrogen-bond donors (Lipinski definition) is 1. The molecule has 0 heterocycles. The molecule has 1 rings (SSSR count). The van der Waals surface area contributed by atoms with Crippen molar-refractivity contribution in [3.05, 3.63) is 29.3 Å². The molecule has 0 saturated carbocycles. The zero-order chi connectivity index (χ0) is 13.2. The topological polar surface area (TPSA) is 46.2 Å². The van der Waals surface area contributed by atoms with E-state index in [1.165, 1.54) is 11.6 Å². The zero-order valence-corrected chi connectivity index (χ0v) is 9.54. The van der Waals surface area contributed by atoms with Crippen LogP contribution >= 0.6 is 0 Å². The Hall–Kier alpha value is -1.31. The molecule has 0 spiro atoms. The summed E-state index contributed by atoms with van der Waals surface area (Å²) < 4.78 is 75.7. The molecular formula is C9H9F4NO2S. The second kappa shape index (κ2) is 4.91. The number of nitrogens with one attached hydrogen (secondary N) is 1. The molecule has 96 valence electrons. The molecule has 0 bridgehead atoms. The Morgan fingerprint density at radius 3 is 2.00 bits per heavy atom. The maximum atomic E-state index is 13.1. The number of anilines is 1. The van der Waals surface area contributed by atoms with Gasteiger partial charge in [0.1, 0.15) is 5.69 Å². The van der Waals surface area contributed by atoms with E-state index in [4.69, 9.17) is 0 Å². The molecule has 0 aliphatic carbocycles. The minimum Gasteiger partial charge on any atom is -0.278 e. The molecule has 0 unspecified atom stereocenters. The highest BCUT2D eigenvalue weighted by atomic mass is 32.2. The summed E-state index contributed by atoms with van der Waals surface area (Å²) in [4.78, 5) is 0. The van der Waals surface area contributed by atoms with Crippen LogP contribution in [-0.4, -0.2) is 14.2 Å². The van der Waals surface area contributed by atoms with E-state index in [1.54, 1.807) is 0 Å². The summed E-state index contributed by atoms with van der Waals surface area (Å²) in [7, 11) is -4.03. The molecule has 0 fully saturated rings. The standard InChI is InChI=1S/C9H9F4NO2S/c1-2-3-17(15,16)14-9-7(12)5(10)4-6(11)8(9)13/h4,14H,2-3H2,1H3. The van der Waals surface area contributed by atoms with Gasteiger partial charge in [-0.3, -0.25) is 4.72 Å². The van der Waals surface area contributed by atoms with Gasteiger partial charge in [-0.05, 0) is 6.42 Å². The molecule has 0 saturated heterocycles. The summed E-state index contributed by atoms with van der Waals surface area (Å²) in [5.41, 5.74) is -1.34. The summed E-state index contributed by atoms with van der Waals surface area (Å²) in [5.74, 6) is -7.30. The molecule has 17 heavy (non-hydrogen) atoms. The third-order valence-electron chi connectivity index (χ3n) is 1.84. The lowest BCUT2D eigenvalue weighted by molar-refractivity contribution is 0.459. The second-order valence-electron chi connectivity index (χ2n) is 3.26. The van der Waals surface area contributed by atoms with Gasteiger partial charge in [-0.25, -0.2) is 26.0 Å². The van der Waals surface area contributed by atoms with E-state index >= 15 is 0 Å². The first-order valence-corrected chi connectivity index (χ1v) is 6.27. The third-order valence-corrected chi connectivity index (χ3v) is 3.30. The van der Waals surface area contributed by atoms with Crippen LogP contribution in [0.25, 0.3) is 0 Å². The molecule has 0 aliphatic rings. The molecule has 1 N–H and O–H groups in total. The van der Waals surface area contributed by atoms with Crippen molar-refractivity contribution in [2.45, 2.75) is 13.3 Å². The van der Waals surface area contributed by atoms with Crippen LogP contribution < -0.4 is 4.72 Å². The zero-order valence-electron chi connectivity index (χ0n) is 8.73. The van der Waals surface area contributed by atoms with E-state index in [2.05, 4.69) is 0 Å². The highest BCUT2D eigenvalue weighted by Gasteiger charge is 2.22. The van der Waals surface area contributed by atoms with Crippen LogP contribution in [0.2, 0.25) is 0 Å². The lowest BCUT2D eigenvalue weighted by Crippen LogP contribution is -2.19. The lowest BCUT2D eigenvalue weighted by Gasteiger charge is -2.09. The van der Waals surface area contributed by atoms with E-state index < -0.39 is 44.7 Å². The summed E-state index contributed by atoms with van der Waals surface area (Å²) in [5, 5.41) is 0. The van der Waals surface area contributed by atoms with Crippen molar-refractivity contribution in [3.63, 3.8) is 0 Å². The summed E-state index contributed by atoms with van der Waals surface area (Å²) in [6.45, 7) is 1.53. The SMILES string of the molecule is CCCS(=O)(=O)Nc1c(F)c(F)cc(F)c1F. The molecule has 0 aromatic heterocycles. The van der Waals surface area contributed by atoms with Crippen molar-refractivity contribution >= 4 is 15.7 Å². The monoisotopic (exact) mass is 271 g/mol. The van der Waals surface area contributed by atoms with Gasteiger partial charge in [0.25, 0.3) is 0 Å². The van der Waals surface area contributed by atoms with Gasteiger partial charge >= 0.3 is 0 Å². The maximum absolute atomic E-state index is 13.1. The normalized spacial score (nSPS) is 11.6. The Morgan fingerprint density at radius 2 is 1.59 bits per heavy atom. The number of hydrogen-bond acceptors (Lipinski definition) is 2. The number of rotatable bonds is 4. The van der Waals surface area contributed by atoms with E-state index in [0.717, 1.165) is 0 Å². The molecule has 0 amide bonds. The fourth-order valence-corrected chi connectivity index (χ4v) is 2.27. The Bertz CT molecular complexity index is 504. The van der Waals surface area contributed by atoms with Crippen LogP contribution in [0.5, 0.6) is 0 Å². The van der Waals surface area contributed by atoms with Crippen molar-refractivity contribution in [2.24, 2.45) is 0 Å². The third kappa shape index (κ3) is 3.09. The highest BCUT2D eigenvalue weighted by Crippen LogP contribution is 2.25. The average molecular weight is 271 g/mol. The summed E-state index contributed by atoms with van der Waals surface area (Å²) in [6.07, 6.45) is 0.191. The van der Waals surface area contributed by atoms with Gasteiger partial charge in [-0.2, -0.15) is 0 Å². The quantitative estimate of drug-likeness (QED) is 0.675. The smallest absolute Gasteiger partial charge is 0.232 e. The van der Waals surface area contributed by atoms with Crippen LogP contribution in [-0.2, 0) is 10.0 Å². The first-order chi connectivity index (χ1) is 7.78. The summed E-state index contributed by atoms with van der Waals surface area (Å²) in [6, 6.07) is 0.00227. The maximum Gasteiger partial charge on any atom is 0.232 e. The average Bonchev–Trinajstić information content (AvgIpc) is 2.21. The van der Waals surface area contributed by atoms with Gasteiger partial charge < -0.3 is 0 Å². The van der Waals surface area contributed by atoms with Crippen molar-refractivity contribution in [1.82, 2.24) is 0 Å². The van der Waals surface area contributed by atoms with Gasteiger partial charge in [-0.15, -0.1) is 0 Å². The predicted octanol–water partition coefficient (Wildman–Crippen LogP) is 2.39. The molecule has 1 aromatic rings. The Balaban J connectivity index is 3.24. The Kier molecular flexibility index (Phi) is 3.97. The predicted molar refractivity (Wildman–Crippen MR) is 54.0 cm³/mol. The van der Waals surface area contributed by atoms with Crippen molar-refractivity contribution in [3.8, 4) is 0 Å². The molecular weight excluding hydrogens is 262 g/mol. The fraction of sp³-hybridized carbons (Fsp3) is 0.333. The van der Waals surface area contributed by atoms with E-state index in [-0.39, 0.29) is 12.5 Å². The number of sulfonamides is 1. The van der Waals surface area contributed by atoms with Gasteiger partial charge in [0.15, 0.2) is 23.3 Å². The molecule has 0 atom stereocenters. The second-order valence-corrected chi connectivity index (χ2v) is 5.11. The van der Waals surface area contributed by atoms with Gasteiger partial charge in [0.05, 0.1) is 5.75 Å². The lowest BCUT2D eigenvalue weighted by atomic mass is 10.3. The molecule has 1 aromatic carbocycles. The van der Waals surface area contributed by atoms with Crippen molar-refractivity contribution in [1.29, 1.82) is 0 Å². The van der Waals surface area contributed by atoms with Crippen LogP contribution in [0.3, 0.4) is 0 Å². The van der Waals surface area contributed by atoms with Crippen LogP contribution in [0.4, 0.5) is 23.2 Å². The fourth-order valence-electron chi connectivity index (χ4n) is 1.14. The Morgan fingerprint density at radius 1 is 1.12 bits per heavy atom. The highest BCUT2D eigenvalue weighted by molar-refractivity contribution is 7.92. The minimum absolute atomic E-state index is 0.00227. The van der Waals surface area contributed by atoms with Crippen LogP contribution in [0, 0.1) is 23.3 Å². The summed E-state index contributed by atoms with van der Waals surface area (Å²) >= 11 is 0. The first-order valence-electron chi connectivity index (χ1n) is 4.62. The van der Waals surface area contributed by atoms with Crippen molar-refractivity contribution in [2.75, 3.05) is 10.5 Å². The van der Waals surface area contributed by atoms with Crippen molar-refractivity contribution < 1.29 is 26.0 Å². The largest absolute Gasteiger partial charge is 0.278 e. The molecule has 3 nitrogen and oxygen atoms in total. The minimum atomic E-state index is -4.03. The molecule has 8 heteroatoms.